The van der Waals surface area contributed by atoms with E-state index < -0.39 is 6.04 Å². The Morgan fingerprint density at radius 2 is 1.37 bits per heavy atom. The van der Waals surface area contributed by atoms with Gasteiger partial charge in [0.05, 0.1) is 0 Å². The van der Waals surface area contributed by atoms with Gasteiger partial charge in [-0.15, -0.1) is 0 Å². The van der Waals surface area contributed by atoms with E-state index in [0.29, 0.717) is 18.5 Å². The van der Waals surface area contributed by atoms with Crippen molar-refractivity contribution in [1.29, 1.82) is 0 Å². The van der Waals surface area contributed by atoms with Crippen molar-refractivity contribution < 1.29 is 9.59 Å². The standard InChI is InChI=1S/C26H28N2O2/c1-2-21(22-14-8-4-9-15-22)19-27-26(30)24(18-20-12-6-3-7-13-20)28-25(29)23-16-10-5-11-17-23/h3-17,21,24H,2,18-19H2,1H3,(H,27,30)(H,28,29). The lowest BCUT2D eigenvalue weighted by molar-refractivity contribution is -0.123. The van der Waals surface area contributed by atoms with E-state index in [1.54, 1.807) is 12.1 Å². The molecule has 2 unspecified atom stereocenters. The summed E-state index contributed by atoms with van der Waals surface area (Å²) >= 11 is 0. The van der Waals surface area contributed by atoms with Crippen LogP contribution in [0.5, 0.6) is 0 Å². The Labute approximate surface area is 178 Å². The quantitative estimate of drug-likeness (QED) is 0.561. The molecule has 3 aromatic carbocycles. The number of carbonyl (C=O) groups is 2. The fourth-order valence-electron chi connectivity index (χ4n) is 3.46. The second-order valence-corrected chi connectivity index (χ2v) is 7.34. The van der Waals surface area contributed by atoms with E-state index in [2.05, 4.69) is 29.7 Å². The molecule has 0 saturated carbocycles. The van der Waals surface area contributed by atoms with Crippen LogP contribution in [0, 0.1) is 0 Å². The molecule has 3 rings (SSSR count). The molecule has 0 radical (unpaired) electrons. The molecule has 2 N–H and O–H groups in total. The summed E-state index contributed by atoms with van der Waals surface area (Å²) in [5, 5.41) is 5.97. The Balaban J connectivity index is 1.70. The molecular weight excluding hydrogens is 372 g/mol. The third kappa shape index (κ3) is 6.05. The van der Waals surface area contributed by atoms with E-state index in [9.17, 15) is 9.59 Å². The summed E-state index contributed by atoms with van der Waals surface area (Å²) in [6.07, 6.45) is 1.36. The van der Waals surface area contributed by atoms with Gasteiger partial charge < -0.3 is 10.6 Å². The number of rotatable bonds is 9. The number of nitrogens with one attached hydrogen (secondary N) is 2. The second kappa shape index (κ2) is 11.0. The molecule has 0 aromatic heterocycles. The molecule has 4 nitrogen and oxygen atoms in total. The zero-order valence-corrected chi connectivity index (χ0v) is 17.3. The van der Waals surface area contributed by atoms with Crippen molar-refractivity contribution in [3.63, 3.8) is 0 Å². The molecule has 0 spiro atoms. The predicted molar refractivity (Wildman–Crippen MR) is 120 cm³/mol. The normalized spacial score (nSPS) is 12.6. The van der Waals surface area contributed by atoms with Crippen LogP contribution in [0.1, 0.15) is 40.7 Å². The summed E-state index contributed by atoms with van der Waals surface area (Å²) in [5.74, 6) is -0.184. The Hall–Kier alpha value is -3.40. The highest BCUT2D eigenvalue weighted by molar-refractivity contribution is 5.97. The van der Waals surface area contributed by atoms with Crippen LogP contribution in [0.3, 0.4) is 0 Å². The van der Waals surface area contributed by atoms with Gasteiger partial charge in [0, 0.05) is 24.4 Å². The van der Waals surface area contributed by atoms with Crippen molar-refractivity contribution in [2.75, 3.05) is 6.54 Å². The van der Waals surface area contributed by atoms with E-state index >= 15 is 0 Å². The lowest BCUT2D eigenvalue weighted by Crippen LogP contribution is -2.48. The van der Waals surface area contributed by atoms with Gasteiger partial charge in [-0.05, 0) is 29.7 Å². The zero-order valence-electron chi connectivity index (χ0n) is 17.3. The third-order valence-corrected chi connectivity index (χ3v) is 5.23. The first-order valence-corrected chi connectivity index (χ1v) is 10.4. The molecule has 4 heteroatoms. The Morgan fingerprint density at radius 1 is 0.800 bits per heavy atom. The average molecular weight is 401 g/mol. The van der Waals surface area contributed by atoms with E-state index in [4.69, 9.17) is 0 Å². The molecule has 2 amide bonds. The van der Waals surface area contributed by atoms with Gasteiger partial charge in [0.2, 0.25) is 5.91 Å². The largest absolute Gasteiger partial charge is 0.354 e. The first-order valence-electron chi connectivity index (χ1n) is 10.4. The van der Waals surface area contributed by atoms with Gasteiger partial charge in [0.15, 0.2) is 0 Å². The number of benzene rings is 3. The Bertz CT molecular complexity index is 927. The first-order chi connectivity index (χ1) is 14.7. The maximum absolute atomic E-state index is 13.0. The number of hydrogen-bond donors (Lipinski definition) is 2. The lowest BCUT2D eigenvalue weighted by Gasteiger charge is -2.21. The Kier molecular flexibility index (Phi) is 7.78. The van der Waals surface area contributed by atoms with Crippen molar-refractivity contribution >= 4 is 11.8 Å². The molecular formula is C26H28N2O2. The molecule has 0 saturated heterocycles. The van der Waals surface area contributed by atoms with Crippen LogP contribution < -0.4 is 10.6 Å². The molecule has 154 valence electrons. The molecule has 30 heavy (non-hydrogen) atoms. The second-order valence-electron chi connectivity index (χ2n) is 7.34. The molecule has 0 aliphatic heterocycles. The summed E-state index contributed by atoms with van der Waals surface area (Å²) in [7, 11) is 0. The average Bonchev–Trinajstić information content (AvgIpc) is 2.81. The molecule has 0 aliphatic rings. The lowest BCUT2D eigenvalue weighted by atomic mass is 9.96. The highest BCUT2D eigenvalue weighted by Gasteiger charge is 2.22. The smallest absolute Gasteiger partial charge is 0.251 e. The van der Waals surface area contributed by atoms with Crippen molar-refractivity contribution in [3.8, 4) is 0 Å². The summed E-state index contributed by atoms with van der Waals surface area (Å²) in [4.78, 5) is 25.7. The summed E-state index contributed by atoms with van der Waals surface area (Å²) in [5.41, 5.74) is 2.74. The van der Waals surface area contributed by atoms with E-state index in [1.807, 2.05) is 66.7 Å². The zero-order chi connectivity index (χ0) is 21.2. The minimum absolute atomic E-state index is 0.169. The van der Waals surface area contributed by atoms with Gasteiger partial charge in [0.1, 0.15) is 6.04 Å². The fraction of sp³-hybridized carbons (Fsp3) is 0.231. The number of hydrogen-bond acceptors (Lipinski definition) is 2. The topological polar surface area (TPSA) is 58.2 Å². The third-order valence-electron chi connectivity index (χ3n) is 5.23. The van der Waals surface area contributed by atoms with Crippen LogP contribution in [0.15, 0.2) is 91.0 Å². The molecule has 0 bridgehead atoms. The van der Waals surface area contributed by atoms with Crippen molar-refractivity contribution in [3.05, 3.63) is 108 Å². The van der Waals surface area contributed by atoms with Crippen LogP contribution in [-0.2, 0) is 11.2 Å². The minimum Gasteiger partial charge on any atom is -0.354 e. The maximum Gasteiger partial charge on any atom is 0.251 e. The first kappa shape index (κ1) is 21.3. The van der Waals surface area contributed by atoms with Crippen LogP contribution in [0.2, 0.25) is 0 Å². The number of amides is 2. The molecule has 0 aliphatic carbocycles. The molecule has 2 atom stereocenters. The SMILES string of the molecule is CCC(CNC(=O)C(Cc1ccccc1)NC(=O)c1ccccc1)c1ccccc1. The minimum atomic E-state index is -0.645. The van der Waals surface area contributed by atoms with Crippen molar-refractivity contribution in [1.82, 2.24) is 10.6 Å². The van der Waals surface area contributed by atoms with Crippen LogP contribution in [-0.4, -0.2) is 24.4 Å². The van der Waals surface area contributed by atoms with Crippen molar-refractivity contribution in [2.45, 2.75) is 31.7 Å². The van der Waals surface area contributed by atoms with Gasteiger partial charge in [-0.2, -0.15) is 0 Å². The van der Waals surface area contributed by atoms with Crippen molar-refractivity contribution in [2.24, 2.45) is 0 Å². The van der Waals surface area contributed by atoms with Gasteiger partial charge in [0.25, 0.3) is 5.91 Å². The highest BCUT2D eigenvalue weighted by atomic mass is 16.2. The number of carbonyl (C=O) groups excluding carboxylic acids is 2. The summed E-state index contributed by atoms with van der Waals surface area (Å²) in [6.45, 7) is 2.65. The van der Waals surface area contributed by atoms with Gasteiger partial charge in [-0.25, -0.2) is 0 Å². The van der Waals surface area contributed by atoms with E-state index in [0.717, 1.165) is 12.0 Å². The summed E-state index contributed by atoms with van der Waals surface area (Å²) in [6, 6.07) is 28.3. The monoisotopic (exact) mass is 400 g/mol. The van der Waals surface area contributed by atoms with Crippen LogP contribution >= 0.6 is 0 Å². The maximum atomic E-state index is 13.0. The Morgan fingerprint density at radius 3 is 1.97 bits per heavy atom. The molecule has 3 aromatic rings. The fourth-order valence-corrected chi connectivity index (χ4v) is 3.46. The molecule has 0 heterocycles. The van der Waals surface area contributed by atoms with E-state index in [-0.39, 0.29) is 17.7 Å². The predicted octanol–water partition coefficient (Wildman–Crippen LogP) is 4.34. The van der Waals surface area contributed by atoms with Gasteiger partial charge in [-0.1, -0.05) is 85.8 Å². The molecule has 0 fully saturated rings. The highest BCUT2D eigenvalue weighted by Crippen LogP contribution is 2.18. The summed E-state index contributed by atoms with van der Waals surface area (Å²) < 4.78 is 0. The van der Waals surface area contributed by atoms with Gasteiger partial charge in [-0.3, -0.25) is 9.59 Å². The van der Waals surface area contributed by atoms with Crippen LogP contribution in [0.25, 0.3) is 0 Å². The van der Waals surface area contributed by atoms with E-state index in [1.165, 1.54) is 5.56 Å². The van der Waals surface area contributed by atoms with Crippen LogP contribution in [0.4, 0.5) is 0 Å². The van der Waals surface area contributed by atoms with Gasteiger partial charge >= 0.3 is 0 Å².